The van der Waals surface area contributed by atoms with Crippen LogP contribution in [0.3, 0.4) is 0 Å². The van der Waals surface area contributed by atoms with Gasteiger partial charge in [0.15, 0.2) is 0 Å². The van der Waals surface area contributed by atoms with Crippen LogP contribution in [0.4, 0.5) is 0 Å². The van der Waals surface area contributed by atoms with Crippen LogP contribution in [-0.4, -0.2) is 38.8 Å². The van der Waals surface area contributed by atoms with Gasteiger partial charge < -0.3 is 9.64 Å². The maximum atomic E-state index is 4.25. The normalized spacial score (nSPS) is 15.5. The third kappa shape index (κ3) is 11.9. The van der Waals surface area contributed by atoms with Gasteiger partial charge in [-0.3, -0.25) is 0 Å². The van der Waals surface area contributed by atoms with Crippen LogP contribution >= 0.6 is 0 Å². The number of hydrogen-bond donors (Lipinski definition) is 0. The average Bonchev–Trinajstić information content (AvgIpc) is 2.63. The van der Waals surface area contributed by atoms with E-state index in [0.29, 0.717) is 0 Å². The first kappa shape index (κ1) is 15.4. The van der Waals surface area contributed by atoms with Crippen molar-refractivity contribution in [3.63, 3.8) is 0 Å². The molecule has 1 saturated heterocycles. The third-order valence-corrected chi connectivity index (χ3v) is 1.74. The molecule has 0 amide bonds. The maximum Gasteiger partial charge on any atom is 0.0351 e. The Kier molecular flexibility index (Phi) is 17.1. The second-order valence-electron chi connectivity index (χ2n) is 2.96. The van der Waals surface area contributed by atoms with Crippen LogP contribution in [0.5, 0.6) is 0 Å². The molecule has 0 aromatic carbocycles. The summed E-state index contributed by atoms with van der Waals surface area (Å²) in [6.07, 6.45) is 4.18. The highest BCUT2D eigenvalue weighted by Gasteiger charge is 2.08. The smallest absolute Gasteiger partial charge is 0.0351 e. The molecule has 1 fully saturated rings. The van der Waals surface area contributed by atoms with E-state index in [1.807, 2.05) is 13.8 Å². The summed E-state index contributed by atoms with van der Waals surface area (Å²) < 4.78 is 4.25. The largest absolute Gasteiger partial charge is 0.388 e. The van der Waals surface area contributed by atoms with Crippen molar-refractivity contribution in [2.45, 2.75) is 40.0 Å². The summed E-state index contributed by atoms with van der Waals surface area (Å²) >= 11 is 0. The van der Waals surface area contributed by atoms with Crippen molar-refractivity contribution in [1.82, 2.24) is 4.90 Å². The molecule has 13 heavy (non-hydrogen) atoms. The molecule has 1 rings (SSSR count). The molecule has 0 spiro atoms. The Morgan fingerprint density at radius 1 is 1.08 bits per heavy atom. The van der Waals surface area contributed by atoms with Crippen molar-refractivity contribution in [3.8, 4) is 0 Å². The van der Waals surface area contributed by atoms with Crippen molar-refractivity contribution >= 4 is 0 Å². The van der Waals surface area contributed by atoms with Gasteiger partial charge in [0, 0.05) is 14.2 Å². The van der Waals surface area contributed by atoms with Crippen LogP contribution in [0.15, 0.2) is 0 Å². The van der Waals surface area contributed by atoms with Crippen LogP contribution in [-0.2, 0) is 4.74 Å². The quantitative estimate of drug-likeness (QED) is 0.662. The van der Waals surface area contributed by atoms with Crippen molar-refractivity contribution in [2.24, 2.45) is 0 Å². The molecular weight excluding hydrogens is 162 g/mol. The molecule has 1 aliphatic rings. The summed E-state index contributed by atoms with van der Waals surface area (Å²) in [6.45, 7) is 10.3. The minimum Gasteiger partial charge on any atom is -0.388 e. The molecule has 0 N–H and O–H groups in total. The molecule has 2 heteroatoms. The third-order valence-electron chi connectivity index (χ3n) is 1.74. The zero-order valence-corrected chi connectivity index (χ0v) is 10.1. The molecule has 0 aromatic heterocycles. The standard InChI is InChI=1S/C7H15N.C2H6O.C2H6/c1-2-5-8-6-3-4-7-8;1-3-2;1-2/h2-7H2,1H3;1-2H3;1-2H3. The fourth-order valence-corrected chi connectivity index (χ4v) is 1.32. The molecule has 82 valence electrons. The van der Waals surface area contributed by atoms with E-state index < -0.39 is 0 Å². The van der Waals surface area contributed by atoms with E-state index >= 15 is 0 Å². The Hall–Kier alpha value is -0.0800. The molecule has 0 bridgehead atoms. The summed E-state index contributed by atoms with van der Waals surface area (Å²) in [7, 11) is 3.25. The SMILES string of the molecule is CC.CCCN1CCCC1.COC. The van der Waals surface area contributed by atoms with E-state index in [0.717, 1.165) is 0 Å². The molecule has 0 atom stereocenters. The number of rotatable bonds is 2. The number of methoxy groups -OCH3 is 1. The highest BCUT2D eigenvalue weighted by Crippen LogP contribution is 2.06. The highest BCUT2D eigenvalue weighted by atomic mass is 16.4. The molecule has 0 saturated carbocycles. The Morgan fingerprint density at radius 2 is 1.46 bits per heavy atom. The lowest BCUT2D eigenvalue weighted by molar-refractivity contribution is 0.277. The van der Waals surface area contributed by atoms with Crippen molar-refractivity contribution in [2.75, 3.05) is 33.9 Å². The average molecular weight is 189 g/mol. The highest BCUT2D eigenvalue weighted by molar-refractivity contribution is 4.64. The fourth-order valence-electron chi connectivity index (χ4n) is 1.32. The van der Waals surface area contributed by atoms with Gasteiger partial charge in [0.2, 0.25) is 0 Å². The van der Waals surface area contributed by atoms with Crippen LogP contribution in [0.1, 0.15) is 40.0 Å². The number of ether oxygens (including phenoxy) is 1. The van der Waals surface area contributed by atoms with Gasteiger partial charge in [-0.1, -0.05) is 20.8 Å². The minimum atomic E-state index is 1.32. The zero-order valence-electron chi connectivity index (χ0n) is 10.1. The van der Waals surface area contributed by atoms with Gasteiger partial charge in [-0.2, -0.15) is 0 Å². The van der Waals surface area contributed by atoms with Gasteiger partial charge in [0.1, 0.15) is 0 Å². The molecule has 0 radical (unpaired) electrons. The first-order valence-electron chi connectivity index (χ1n) is 5.47. The van der Waals surface area contributed by atoms with E-state index in [1.165, 1.54) is 38.9 Å². The van der Waals surface area contributed by atoms with Gasteiger partial charge in [-0.05, 0) is 38.9 Å². The summed E-state index contributed by atoms with van der Waals surface area (Å²) in [5, 5.41) is 0. The van der Waals surface area contributed by atoms with E-state index in [-0.39, 0.29) is 0 Å². The molecule has 0 aromatic rings. The van der Waals surface area contributed by atoms with E-state index in [1.54, 1.807) is 14.2 Å². The van der Waals surface area contributed by atoms with E-state index in [2.05, 4.69) is 16.6 Å². The topological polar surface area (TPSA) is 12.5 Å². The van der Waals surface area contributed by atoms with Crippen molar-refractivity contribution in [1.29, 1.82) is 0 Å². The summed E-state index contributed by atoms with van der Waals surface area (Å²) in [4.78, 5) is 2.54. The monoisotopic (exact) mass is 189 g/mol. The van der Waals surface area contributed by atoms with Crippen LogP contribution in [0, 0.1) is 0 Å². The van der Waals surface area contributed by atoms with Gasteiger partial charge in [0.25, 0.3) is 0 Å². The van der Waals surface area contributed by atoms with Crippen LogP contribution in [0.2, 0.25) is 0 Å². The Bertz CT molecular complexity index is 70.5. The lowest BCUT2D eigenvalue weighted by atomic mass is 10.4. The molecule has 2 nitrogen and oxygen atoms in total. The zero-order chi connectivity index (χ0) is 10.5. The number of likely N-dealkylation sites (tertiary alicyclic amines) is 1. The number of nitrogens with zero attached hydrogens (tertiary/aromatic N) is 1. The summed E-state index contributed by atoms with van der Waals surface area (Å²) in [5.41, 5.74) is 0. The number of hydrogen-bond acceptors (Lipinski definition) is 2. The predicted octanol–water partition coefficient (Wildman–Crippen LogP) is 2.78. The van der Waals surface area contributed by atoms with Crippen molar-refractivity contribution < 1.29 is 4.74 Å². The molecule has 0 aliphatic carbocycles. The summed E-state index contributed by atoms with van der Waals surface area (Å²) in [5.74, 6) is 0. The molecule has 1 aliphatic heterocycles. The lowest BCUT2D eigenvalue weighted by Crippen LogP contribution is -2.19. The minimum absolute atomic E-state index is 1.32. The predicted molar refractivity (Wildman–Crippen MR) is 60.2 cm³/mol. The Balaban J connectivity index is 0. The first-order valence-corrected chi connectivity index (χ1v) is 5.47. The second kappa shape index (κ2) is 14.4. The van der Waals surface area contributed by atoms with E-state index in [4.69, 9.17) is 0 Å². The fraction of sp³-hybridized carbons (Fsp3) is 1.00. The lowest BCUT2D eigenvalue weighted by Gasteiger charge is -2.11. The molecule has 0 unspecified atom stereocenters. The van der Waals surface area contributed by atoms with E-state index in [9.17, 15) is 0 Å². The molecular formula is C11H27NO. The Morgan fingerprint density at radius 3 is 1.77 bits per heavy atom. The summed E-state index contributed by atoms with van der Waals surface area (Å²) in [6, 6.07) is 0. The van der Waals surface area contributed by atoms with Gasteiger partial charge in [0.05, 0.1) is 0 Å². The maximum absolute atomic E-state index is 4.25. The van der Waals surface area contributed by atoms with Crippen LogP contribution in [0.25, 0.3) is 0 Å². The van der Waals surface area contributed by atoms with Gasteiger partial charge in [-0.15, -0.1) is 0 Å². The Labute approximate surface area is 84.3 Å². The van der Waals surface area contributed by atoms with Crippen molar-refractivity contribution in [3.05, 3.63) is 0 Å². The first-order chi connectivity index (χ1) is 6.35. The van der Waals surface area contributed by atoms with Crippen LogP contribution < -0.4 is 0 Å². The molecule has 1 heterocycles. The second-order valence-corrected chi connectivity index (χ2v) is 2.96. The van der Waals surface area contributed by atoms with Gasteiger partial charge >= 0.3 is 0 Å². The van der Waals surface area contributed by atoms with Gasteiger partial charge in [-0.25, -0.2) is 0 Å².